The van der Waals surface area contributed by atoms with Crippen molar-refractivity contribution in [2.45, 2.75) is 39.7 Å². The topological polar surface area (TPSA) is 101 Å². The van der Waals surface area contributed by atoms with Gasteiger partial charge >= 0.3 is 0 Å². The van der Waals surface area contributed by atoms with Crippen LogP contribution in [0.5, 0.6) is 0 Å². The number of aromatic nitrogens is 2. The van der Waals surface area contributed by atoms with Crippen LogP contribution in [0.3, 0.4) is 0 Å². The van der Waals surface area contributed by atoms with Gasteiger partial charge < -0.3 is 19.1 Å². The summed E-state index contributed by atoms with van der Waals surface area (Å²) < 4.78 is 11.8. The van der Waals surface area contributed by atoms with Crippen LogP contribution in [0.2, 0.25) is 0 Å². The molecule has 3 aromatic heterocycles. The molecule has 0 saturated heterocycles. The minimum absolute atomic E-state index is 0.00319. The number of carbonyl (C=O) groups excluding carboxylic acids is 1. The zero-order chi connectivity index (χ0) is 24.5. The number of fused-ring (bicyclic) bond motifs is 2. The normalized spacial score (nSPS) is 13.2. The van der Waals surface area contributed by atoms with Gasteiger partial charge in [0.25, 0.3) is 0 Å². The summed E-state index contributed by atoms with van der Waals surface area (Å²) in [6, 6.07) is 18.3. The van der Waals surface area contributed by atoms with E-state index in [9.17, 15) is 9.59 Å². The summed E-state index contributed by atoms with van der Waals surface area (Å²) in [5, 5.41) is 3.16. The van der Waals surface area contributed by atoms with Crippen molar-refractivity contribution in [3.8, 4) is 11.3 Å². The highest BCUT2D eigenvalue weighted by molar-refractivity contribution is 5.90. The number of nitrogens with zero attached hydrogens (tertiary/aromatic N) is 1. The lowest BCUT2D eigenvalue weighted by molar-refractivity contribution is -0.121. The quantitative estimate of drug-likeness (QED) is 0.319. The molecule has 178 valence electrons. The summed E-state index contributed by atoms with van der Waals surface area (Å²) in [5.41, 5.74) is 3.27. The van der Waals surface area contributed by atoms with Crippen LogP contribution in [0.15, 0.2) is 74.3 Å². The van der Waals surface area contributed by atoms with Gasteiger partial charge in [-0.2, -0.15) is 0 Å². The number of carbonyl (C=O) groups is 1. The van der Waals surface area contributed by atoms with Gasteiger partial charge in [-0.25, -0.2) is 4.98 Å². The van der Waals surface area contributed by atoms with Crippen LogP contribution in [-0.2, 0) is 11.2 Å². The minimum Gasteiger partial charge on any atom is -0.457 e. The number of furan rings is 1. The number of para-hydroxylation sites is 2. The molecule has 0 aliphatic carbocycles. The summed E-state index contributed by atoms with van der Waals surface area (Å²) >= 11 is 0. The summed E-state index contributed by atoms with van der Waals surface area (Å²) in [6.07, 6.45) is 0.858. The van der Waals surface area contributed by atoms with Crippen molar-refractivity contribution in [3.63, 3.8) is 0 Å². The van der Waals surface area contributed by atoms with Gasteiger partial charge in [0.2, 0.25) is 16.9 Å². The SMILES string of the molecule is CC[C@H](C)[C@H](NC(=O)Cc1c(-c2ccccc2)oc2c(=O)cc(C)oc12)c1nc2ccccc2[nH]1. The van der Waals surface area contributed by atoms with Crippen molar-refractivity contribution in [2.75, 3.05) is 0 Å². The molecule has 0 saturated carbocycles. The van der Waals surface area contributed by atoms with E-state index < -0.39 is 0 Å². The first-order valence-electron chi connectivity index (χ1n) is 11.8. The number of rotatable bonds is 7. The van der Waals surface area contributed by atoms with E-state index in [2.05, 4.69) is 24.1 Å². The molecule has 0 aliphatic heterocycles. The van der Waals surface area contributed by atoms with E-state index in [-0.39, 0.29) is 35.3 Å². The Kier molecular flexibility index (Phi) is 5.99. The van der Waals surface area contributed by atoms with Crippen LogP contribution in [0.25, 0.3) is 33.5 Å². The van der Waals surface area contributed by atoms with E-state index in [1.54, 1.807) is 6.92 Å². The molecular weight excluding hydrogens is 442 g/mol. The van der Waals surface area contributed by atoms with E-state index in [1.165, 1.54) is 6.07 Å². The van der Waals surface area contributed by atoms with E-state index in [0.717, 1.165) is 28.8 Å². The Labute approximate surface area is 202 Å². The fourth-order valence-electron chi connectivity index (χ4n) is 4.36. The van der Waals surface area contributed by atoms with Crippen molar-refractivity contribution in [1.82, 2.24) is 15.3 Å². The van der Waals surface area contributed by atoms with Gasteiger partial charge in [0.05, 0.1) is 29.1 Å². The molecule has 0 radical (unpaired) electrons. The van der Waals surface area contributed by atoms with Crippen molar-refractivity contribution < 1.29 is 13.6 Å². The average Bonchev–Trinajstić information content (AvgIpc) is 3.44. The number of H-pyrrole nitrogens is 1. The Bertz CT molecular complexity index is 1530. The zero-order valence-corrected chi connectivity index (χ0v) is 19.9. The maximum absolute atomic E-state index is 13.4. The molecule has 2 N–H and O–H groups in total. The van der Waals surface area contributed by atoms with E-state index in [1.807, 2.05) is 54.6 Å². The van der Waals surface area contributed by atoms with Gasteiger partial charge in [-0.05, 0) is 25.0 Å². The predicted octanol–water partition coefficient (Wildman–Crippen LogP) is 5.68. The number of aryl methyl sites for hydroxylation is 1. The third kappa shape index (κ3) is 4.37. The number of amides is 1. The molecular formula is C28H27N3O4. The highest BCUT2D eigenvalue weighted by atomic mass is 16.4. The maximum atomic E-state index is 13.4. The van der Waals surface area contributed by atoms with Crippen LogP contribution >= 0.6 is 0 Å². The lowest BCUT2D eigenvalue weighted by atomic mass is 9.98. The number of benzene rings is 2. The minimum atomic E-state index is -0.299. The molecule has 7 nitrogen and oxygen atoms in total. The molecule has 0 unspecified atom stereocenters. The van der Waals surface area contributed by atoms with Crippen molar-refractivity contribution in [3.05, 3.63) is 88.0 Å². The highest BCUT2D eigenvalue weighted by Gasteiger charge is 2.27. The number of hydrogen-bond donors (Lipinski definition) is 2. The smallest absolute Gasteiger partial charge is 0.228 e. The van der Waals surface area contributed by atoms with Gasteiger partial charge in [-0.1, -0.05) is 62.7 Å². The van der Waals surface area contributed by atoms with Crippen molar-refractivity contribution in [1.29, 1.82) is 0 Å². The molecule has 5 rings (SSSR count). The second-order valence-corrected chi connectivity index (χ2v) is 8.90. The lowest BCUT2D eigenvalue weighted by Gasteiger charge is -2.22. The van der Waals surface area contributed by atoms with Gasteiger partial charge in [-0.15, -0.1) is 0 Å². The number of aromatic amines is 1. The van der Waals surface area contributed by atoms with E-state index in [4.69, 9.17) is 13.8 Å². The molecule has 0 spiro atoms. The molecule has 3 heterocycles. The third-order valence-corrected chi connectivity index (χ3v) is 6.38. The molecule has 1 amide bonds. The summed E-state index contributed by atoms with van der Waals surface area (Å²) in [5.74, 6) is 1.58. The maximum Gasteiger partial charge on any atom is 0.228 e. The fraction of sp³-hybridized carbons (Fsp3) is 0.250. The second kappa shape index (κ2) is 9.25. The second-order valence-electron chi connectivity index (χ2n) is 8.90. The van der Waals surface area contributed by atoms with Gasteiger partial charge in [0.15, 0.2) is 5.58 Å². The monoisotopic (exact) mass is 469 g/mol. The van der Waals surface area contributed by atoms with Crippen molar-refractivity contribution in [2.24, 2.45) is 5.92 Å². The Morgan fingerprint density at radius 3 is 2.54 bits per heavy atom. The number of imidazole rings is 1. The lowest BCUT2D eigenvalue weighted by Crippen LogP contribution is -2.34. The number of hydrogen-bond acceptors (Lipinski definition) is 5. The molecule has 2 atom stereocenters. The summed E-state index contributed by atoms with van der Waals surface area (Å²) in [7, 11) is 0. The largest absolute Gasteiger partial charge is 0.457 e. The van der Waals surface area contributed by atoms with Crippen LogP contribution in [-0.4, -0.2) is 15.9 Å². The van der Waals surface area contributed by atoms with Gasteiger partial charge in [0.1, 0.15) is 17.3 Å². The van der Waals surface area contributed by atoms with Gasteiger partial charge in [0, 0.05) is 11.6 Å². The fourth-order valence-corrected chi connectivity index (χ4v) is 4.36. The summed E-state index contributed by atoms with van der Waals surface area (Å²) in [6.45, 7) is 5.88. The first-order valence-corrected chi connectivity index (χ1v) is 11.8. The standard InChI is InChI=1S/C28H27N3O4/c1-4-16(2)24(28-29-20-12-8-9-13-21(20)30-28)31-23(33)15-19-25(18-10-6-5-7-11-18)35-27-22(32)14-17(3)34-26(19)27/h5-14,16,24H,4,15H2,1-3H3,(H,29,30)(H,31,33)/t16-,24-/m0/s1. The van der Waals surface area contributed by atoms with Gasteiger partial charge in [-0.3, -0.25) is 9.59 Å². The van der Waals surface area contributed by atoms with Crippen molar-refractivity contribution >= 4 is 28.1 Å². The van der Waals surface area contributed by atoms with Crippen LogP contribution in [0.1, 0.15) is 43.5 Å². The Morgan fingerprint density at radius 2 is 1.80 bits per heavy atom. The molecule has 2 aromatic carbocycles. The molecule has 0 aliphatic rings. The molecule has 0 fully saturated rings. The van der Waals surface area contributed by atoms with Crippen LogP contribution in [0, 0.1) is 12.8 Å². The number of nitrogens with one attached hydrogen (secondary N) is 2. The van der Waals surface area contributed by atoms with Crippen LogP contribution in [0.4, 0.5) is 0 Å². The highest BCUT2D eigenvalue weighted by Crippen LogP contribution is 2.33. The van der Waals surface area contributed by atoms with E-state index in [0.29, 0.717) is 22.7 Å². The zero-order valence-electron chi connectivity index (χ0n) is 19.9. The first kappa shape index (κ1) is 22.7. The predicted molar refractivity (Wildman–Crippen MR) is 135 cm³/mol. The van der Waals surface area contributed by atoms with Crippen LogP contribution < -0.4 is 10.7 Å². The Hall–Kier alpha value is -4.13. The average molecular weight is 470 g/mol. The molecule has 35 heavy (non-hydrogen) atoms. The molecule has 0 bridgehead atoms. The molecule has 5 aromatic rings. The first-order chi connectivity index (χ1) is 16.9. The Balaban J connectivity index is 1.52. The summed E-state index contributed by atoms with van der Waals surface area (Å²) in [4.78, 5) is 34.1. The Morgan fingerprint density at radius 1 is 1.06 bits per heavy atom. The van der Waals surface area contributed by atoms with E-state index >= 15 is 0 Å². The third-order valence-electron chi connectivity index (χ3n) is 6.38. The molecule has 7 heteroatoms.